The van der Waals surface area contributed by atoms with Gasteiger partial charge in [-0.3, -0.25) is 9.59 Å². The lowest BCUT2D eigenvalue weighted by atomic mass is 10.1. The van der Waals surface area contributed by atoms with E-state index in [2.05, 4.69) is 10.3 Å². The summed E-state index contributed by atoms with van der Waals surface area (Å²) in [7, 11) is 0. The summed E-state index contributed by atoms with van der Waals surface area (Å²) in [6, 6.07) is 4.03. The van der Waals surface area contributed by atoms with Crippen LogP contribution in [0.1, 0.15) is 23.2 Å². The first-order valence-electron chi connectivity index (χ1n) is 5.77. The van der Waals surface area contributed by atoms with Gasteiger partial charge in [0.2, 0.25) is 5.43 Å². The average molecular weight is 246 g/mol. The number of halogens is 1. The molecule has 0 unspecified atom stereocenters. The number of amides is 1. The van der Waals surface area contributed by atoms with Crippen LogP contribution >= 0.6 is 0 Å². The highest BCUT2D eigenvalue weighted by Gasteiger charge is 2.25. The van der Waals surface area contributed by atoms with Crippen LogP contribution in [0.4, 0.5) is 4.39 Å². The van der Waals surface area contributed by atoms with Crippen LogP contribution in [0.3, 0.4) is 0 Å². The molecule has 0 radical (unpaired) electrons. The predicted molar refractivity (Wildman–Crippen MR) is 65.0 cm³/mol. The van der Waals surface area contributed by atoms with E-state index in [0.29, 0.717) is 10.9 Å². The molecule has 1 fully saturated rings. The fraction of sp³-hybridized carbons (Fsp3) is 0.231. The highest BCUT2D eigenvalue weighted by Crippen LogP contribution is 2.19. The SMILES string of the molecule is O=C(NC1CC1)c1c[nH]c2cc(F)ccc2c1=O. The Morgan fingerprint density at radius 3 is 2.89 bits per heavy atom. The first kappa shape index (κ1) is 11.0. The molecule has 92 valence electrons. The molecule has 0 aliphatic heterocycles. The van der Waals surface area contributed by atoms with E-state index in [0.717, 1.165) is 12.8 Å². The smallest absolute Gasteiger partial charge is 0.256 e. The number of carbonyl (C=O) groups excluding carboxylic acids is 1. The maximum Gasteiger partial charge on any atom is 0.256 e. The predicted octanol–water partition coefficient (Wildman–Crippen LogP) is 1.56. The van der Waals surface area contributed by atoms with E-state index < -0.39 is 5.82 Å². The van der Waals surface area contributed by atoms with Crippen molar-refractivity contribution in [3.63, 3.8) is 0 Å². The Labute approximate surface area is 102 Å². The van der Waals surface area contributed by atoms with Crippen molar-refractivity contribution in [1.29, 1.82) is 0 Å². The molecule has 1 aliphatic rings. The van der Waals surface area contributed by atoms with Gasteiger partial charge in [-0.15, -0.1) is 0 Å². The van der Waals surface area contributed by atoms with E-state index in [1.165, 1.54) is 24.4 Å². The number of carbonyl (C=O) groups is 1. The van der Waals surface area contributed by atoms with Crippen molar-refractivity contribution in [2.75, 3.05) is 0 Å². The third kappa shape index (κ3) is 1.88. The van der Waals surface area contributed by atoms with Crippen LogP contribution in [0, 0.1) is 5.82 Å². The molecule has 4 nitrogen and oxygen atoms in total. The number of aromatic nitrogens is 1. The number of nitrogens with one attached hydrogen (secondary N) is 2. The summed E-state index contributed by atoms with van der Waals surface area (Å²) in [6.45, 7) is 0. The minimum absolute atomic E-state index is 0.0704. The second-order valence-corrected chi connectivity index (χ2v) is 4.47. The van der Waals surface area contributed by atoms with Gasteiger partial charge in [-0.25, -0.2) is 4.39 Å². The highest BCUT2D eigenvalue weighted by molar-refractivity contribution is 5.97. The summed E-state index contributed by atoms with van der Waals surface area (Å²) in [4.78, 5) is 26.7. The molecule has 18 heavy (non-hydrogen) atoms. The van der Waals surface area contributed by atoms with E-state index in [-0.39, 0.29) is 22.9 Å². The van der Waals surface area contributed by atoms with Crippen molar-refractivity contribution in [3.05, 3.63) is 46.0 Å². The van der Waals surface area contributed by atoms with Crippen molar-refractivity contribution < 1.29 is 9.18 Å². The molecule has 5 heteroatoms. The largest absolute Gasteiger partial charge is 0.360 e. The van der Waals surface area contributed by atoms with E-state index >= 15 is 0 Å². The van der Waals surface area contributed by atoms with E-state index in [4.69, 9.17) is 0 Å². The molecule has 1 aromatic heterocycles. The molecular formula is C13H11FN2O2. The number of hydrogen-bond donors (Lipinski definition) is 2. The maximum atomic E-state index is 13.0. The van der Waals surface area contributed by atoms with Crippen molar-refractivity contribution in [3.8, 4) is 0 Å². The van der Waals surface area contributed by atoms with Crippen molar-refractivity contribution >= 4 is 16.8 Å². The van der Waals surface area contributed by atoms with E-state index in [1.54, 1.807) is 0 Å². The minimum atomic E-state index is -0.423. The minimum Gasteiger partial charge on any atom is -0.360 e. The Morgan fingerprint density at radius 2 is 2.17 bits per heavy atom. The number of fused-ring (bicyclic) bond motifs is 1. The summed E-state index contributed by atoms with van der Waals surface area (Å²) >= 11 is 0. The monoisotopic (exact) mass is 246 g/mol. The summed E-state index contributed by atoms with van der Waals surface area (Å²) in [5, 5.41) is 3.07. The third-order valence-electron chi connectivity index (χ3n) is 3.00. The van der Waals surface area contributed by atoms with Gasteiger partial charge in [0.15, 0.2) is 0 Å². The summed E-state index contributed by atoms with van der Waals surface area (Å²) < 4.78 is 13.0. The lowest BCUT2D eigenvalue weighted by Crippen LogP contribution is -2.30. The maximum absolute atomic E-state index is 13.0. The molecule has 3 rings (SSSR count). The molecule has 0 spiro atoms. The van der Waals surface area contributed by atoms with Gasteiger partial charge in [0, 0.05) is 17.6 Å². The fourth-order valence-corrected chi connectivity index (χ4v) is 1.85. The van der Waals surface area contributed by atoms with Gasteiger partial charge in [-0.05, 0) is 31.0 Å². The molecular weight excluding hydrogens is 235 g/mol. The van der Waals surface area contributed by atoms with Crippen LogP contribution < -0.4 is 10.7 Å². The van der Waals surface area contributed by atoms with Crippen LogP contribution in [0.15, 0.2) is 29.2 Å². The van der Waals surface area contributed by atoms with Crippen LogP contribution in [0.5, 0.6) is 0 Å². The van der Waals surface area contributed by atoms with Gasteiger partial charge in [0.05, 0.1) is 5.52 Å². The molecule has 2 N–H and O–H groups in total. The number of benzene rings is 1. The van der Waals surface area contributed by atoms with Gasteiger partial charge in [-0.2, -0.15) is 0 Å². The summed E-state index contributed by atoms with van der Waals surface area (Å²) in [5.41, 5.74) is 0.0888. The molecule has 0 saturated heterocycles. The first-order chi connectivity index (χ1) is 8.65. The Kier molecular flexibility index (Phi) is 2.40. The first-order valence-corrected chi connectivity index (χ1v) is 5.77. The molecule has 1 amide bonds. The van der Waals surface area contributed by atoms with Gasteiger partial charge < -0.3 is 10.3 Å². The van der Waals surface area contributed by atoms with Crippen molar-refractivity contribution in [2.45, 2.75) is 18.9 Å². The molecule has 1 aliphatic carbocycles. The fourth-order valence-electron chi connectivity index (χ4n) is 1.85. The highest BCUT2D eigenvalue weighted by atomic mass is 19.1. The zero-order valence-electron chi connectivity index (χ0n) is 9.50. The Hall–Kier alpha value is -2.17. The second kappa shape index (κ2) is 3.94. The standard InChI is InChI=1S/C13H11FN2O2/c14-7-1-4-9-11(5-7)15-6-10(12(9)17)13(18)16-8-2-3-8/h1,4-6,8H,2-3H2,(H,15,17)(H,16,18). The third-order valence-corrected chi connectivity index (χ3v) is 3.00. The number of pyridine rings is 1. The molecule has 0 atom stereocenters. The summed E-state index contributed by atoms with van der Waals surface area (Å²) in [5.74, 6) is -0.793. The van der Waals surface area contributed by atoms with Crippen LogP contribution in [-0.4, -0.2) is 16.9 Å². The zero-order valence-corrected chi connectivity index (χ0v) is 9.50. The lowest BCUT2D eigenvalue weighted by molar-refractivity contribution is 0.0950. The lowest BCUT2D eigenvalue weighted by Gasteiger charge is -2.04. The number of hydrogen-bond acceptors (Lipinski definition) is 2. The van der Waals surface area contributed by atoms with Crippen molar-refractivity contribution in [2.24, 2.45) is 0 Å². The molecule has 2 aromatic rings. The van der Waals surface area contributed by atoms with Crippen LogP contribution in [0.25, 0.3) is 10.9 Å². The second-order valence-electron chi connectivity index (χ2n) is 4.47. The Bertz CT molecular complexity index is 689. The molecule has 0 bridgehead atoms. The molecule has 1 aromatic carbocycles. The van der Waals surface area contributed by atoms with Gasteiger partial charge in [-0.1, -0.05) is 0 Å². The van der Waals surface area contributed by atoms with Gasteiger partial charge in [0.1, 0.15) is 11.4 Å². The van der Waals surface area contributed by atoms with E-state index in [1.807, 2.05) is 0 Å². The van der Waals surface area contributed by atoms with Crippen LogP contribution in [0.2, 0.25) is 0 Å². The topological polar surface area (TPSA) is 62.0 Å². The zero-order chi connectivity index (χ0) is 12.7. The summed E-state index contributed by atoms with van der Waals surface area (Å²) in [6.07, 6.45) is 3.26. The number of aromatic amines is 1. The normalized spacial score (nSPS) is 14.7. The quantitative estimate of drug-likeness (QED) is 0.844. The molecule has 1 heterocycles. The van der Waals surface area contributed by atoms with Crippen molar-refractivity contribution in [1.82, 2.24) is 10.3 Å². The number of H-pyrrole nitrogens is 1. The van der Waals surface area contributed by atoms with Crippen LogP contribution in [-0.2, 0) is 0 Å². The van der Waals surface area contributed by atoms with Gasteiger partial charge >= 0.3 is 0 Å². The molecule has 1 saturated carbocycles. The Morgan fingerprint density at radius 1 is 1.39 bits per heavy atom. The number of rotatable bonds is 2. The van der Waals surface area contributed by atoms with Gasteiger partial charge in [0.25, 0.3) is 5.91 Å². The average Bonchev–Trinajstić information content (AvgIpc) is 3.13. The van der Waals surface area contributed by atoms with E-state index in [9.17, 15) is 14.0 Å². The Balaban J connectivity index is 2.08.